The van der Waals surface area contributed by atoms with Gasteiger partial charge in [0.15, 0.2) is 5.96 Å². The van der Waals surface area contributed by atoms with Crippen LogP contribution in [-0.4, -0.2) is 25.6 Å². The Labute approximate surface area is 134 Å². The van der Waals surface area contributed by atoms with Crippen LogP contribution in [0.4, 0.5) is 5.69 Å². The molecule has 0 aliphatic rings. The van der Waals surface area contributed by atoms with Gasteiger partial charge in [-0.25, -0.2) is 9.79 Å². The summed E-state index contributed by atoms with van der Waals surface area (Å²) in [5.41, 5.74) is 6.60. The van der Waals surface area contributed by atoms with Crippen molar-refractivity contribution in [1.82, 2.24) is 0 Å². The Morgan fingerprint density at radius 2 is 2.00 bits per heavy atom. The van der Waals surface area contributed by atoms with Crippen LogP contribution < -0.4 is 15.8 Å². The summed E-state index contributed by atoms with van der Waals surface area (Å²) in [4.78, 5) is 15.6. The molecule has 0 aliphatic heterocycles. The van der Waals surface area contributed by atoms with Crippen molar-refractivity contribution in [1.29, 1.82) is 0 Å². The topological polar surface area (TPSA) is 99.1 Å². The fourth-order valence-corrected chi connectivity index (χ4v) is 1.80. The van der Waals surface area contributed by atoms with Crippen LogP contribution in [0.5, 0.6) is 5.75 Å². The van der Waals surface area contributed by atoms with E-state index in [1.165, 1.54) is 0 Å². The Kier molecular flexibility index (Phi) is 5.62. The molecule has 23 heavy (non-hydrogen) atoms. The highest BCUT2D eigenvalue weighted by Crippen LogP contribution is 2.15. The highest BCUT2D eigenvalue weighted by atomic mass is 16.5. The average Bonchev–Trinajstić information content (AvgIpc) is 3.03. The number of hydrogen-bond donors (Lipinski definition) is 2. The number of ether oxygens (including phenoxy) is 2. The van der Waals surface area contributed by atoms with Gasteiger partial charge in [-0.2, -0.15) is 0 Å². The van der Waals surface area contributed by atoms with E-state index in [1.54, 1.807) is 26.2 Å². The van der Waals surface area contributed by atoms with E-state index >= 15 is 0 Å². The molecule has 2 aromatic rings. The summed E-state index contributed by atoms with van der Waals surface area (Å²) in [6, 6.07) is 10.5. The molecule has 0 unspecified atom stereocenters. The molecule has 3 N–H and O–H groups in total. The third kappa shape index (κ3) is 4.77. The van der Waals surface area contributed by atoms with Gasteiger partial charge in [0.25, 0.3) is 0 Å². The lowest BCUT2D eigenvalue weighted by Crippen LogP contribution is -2.22. The number of aliphatic imine (C=N–C) groups is 1. The van der Waals surface area contributed by atoms with Crippen LogP contribution in [0.1, 0.15) is 23.2 Å². The summed E-state index contributed by atoms with van der Waals surface area (Å²) in [5.74, 6) is 1.18. The second-order valence-corrected chi connectivity index (χ2v) is 4.54. The molecule has 7 heteroatoms. The number of guanidine groups is 1. The zero-order valence-electron chi connectivity index (χ0n) is 13.0. The number of carbonyl (C=O) groups is 1. The number of anilines is 1. The number of hydrogen-bond acceptors (Lipinski definition) is 5. The highest BCUT2D eigenvalue weighted by Gasteiger charge is 2.11. The van der Waals surface area contributed by atoms with Crippen LogP contribution in [0.15, 0.2) is 45.8 Å². The number of nitrogens with two attached hydrogens (primary N) is 1. The van der Waals surface area contributed by atoms with Crippen molar-refractivity contribution < 1.29 is 18.7 Å². The first-order valence-corrected chi connectivity index (χ1v) is 7.09. The largest absolute Gasteiger partial charge is 0.497 e. The third-order valence-electron chi connectivity index (χ3n) is 2.91. The zero-order chi connectivity index (χ0) is 16.7. The normalized spacial score (nSPS) is 11.1. The maximum absolute atomic E-state index is 11.5. The molecule has 0 saturated carbocycles. The highest BCUT2D eigenvalue weighted by molar-refractivity contribution is 5.92. The molecular formula is C16H19N3O4. The van der Waals surface area contributed by atoms with Gasteiger partial charge in [-0.1, -0.05) is 0 Å². The van der Waals surface area contributed by atoms with Crippen LogP contribution in [0, 0.1) is 0 Å². The summed E-state index contributed by atoms with van der Waals surface area (Å²) >= 11 is 0. The van der Waals surface area contributed by atoms with E-state index in [9.17, 15) is 4.79 Å². The van der Waals surface area contributed by atoms with E-state index in [2.05, 4.69) is 10.3 Å². The van der Waals surface area contributed by atoms with Crippen LogP contribution in [-0.2, 0) is 11.3 Å². The van der Waals surface area contributed by atoms with Gasteiger partial charge in [0.05, 0.1) is 13.7 Å². The Balaban J connectivity index is 1.92. The molecule has 1 aromatic heterocycles. The second kappa shape index (κ2) is 7.88. The van der Waals surface area contributed by atoms with Gasteiger partial charge < -0.3 is 24.9 Å². The van der Waals surface area contributed by atoms with Crippen molar-refractivity contribution in [2.24, 2.45) is 10.7 Å². The lowest BCUT2D eigenvalue weighted by molar-refractivity contribution is 0.0488. The number of esters is 1. The summed E-state index contributed by atoms with van der Waals surface area (Å²) < 4.78 is 15.3. The van der Waals surface area contributed by atoms with Crippen LogP contribution in [0.25, 0.3) is 0 Å². The lowest BCUT2D eigenvalue weighted by atomic mass is 10.3. The molecule has 0 fully saturated rings. The van der Waals surface area contributed by atoms with Gasteiger partial charge in [-0.15, -0.1) is 0 Å². The van der Waals surface area contributed by atoms with Crippen molar-refractivity contribution in [2.75, 3.05) is 19.0 Å². The SMILES string of the molecule is CCOC(=O)c1ccc(CN=C(N)Nc2ccc(OC)cc2)o1. The standard InChI is InChI=1S/C16H19N3O4/c1-3-22-15(20)14-9-8-13(23-14)10-18-16(17)19-11-4-6-12(21-2)7-5-11/h4-9H,3,10H2,1-2H3,(H3,17,18,19). The molecule has 2 rings (SSSR count). The molecule has 0 aliphatic carbocycles. The van der Waals surface area contributed by atoms with E-state index in [4.69, 9.17) is 19.6 Å². The molecule has 0 spiro atoms. The van der Waals surface area contributed by atoms with Gasteiger partial charge in [-0.05, 0) is 43.3 Å². The number of nitrogens with one attached hydrogen (secondary N) is 1. The smallest absolute Gasteiger partial charge is 0.374 e. The zero-order valence-corrected chi connectivity index (χ0v) is 13.0. The minimum atomic E-state index is -0.493. The van der Waals surface area contributed by atoms with E-state index in [0.717, 1.165) is 11.4 Å². The molecule has 0 saturated heterocycles. The van der Waals surface area contributed by atoms with Crippen molar-refractivity contribution in [3.8, 4) is 5.75 Å². The number of carbonyl (C=O) groups excluding carboxylic acids is 1. The summed E-state index contributed by atoms with van der Waals surface area (Å²) in [7, 11) is 1.60. The van der Waals surface area contributed by atoms with E-state index in [1.807, 2.05) is 24.3 Å². The van der Waals surface area contributed by atoms with Gasteiger partial charge >= 0.3 is 5.97 Å². The van der Waals surface area contributed by atoms with Gasteiger partial charge in [0.2, 0.25) is 5.76 Å². The maximum atomic E-state index is 11.5. The average molecular weight is 317 g/mol. The predicted octanol–water partition coefficient (Wildman–Crippen LogP) is 2.39. The quantitative estimate of drug-likeness (QED) is 0.482. The minimum absolute atomic E-state index is 0.152. The first-order chi connectivity index (χ1) is 11.1. The Bertz CT molecular complexity index is 677. The molecule has 1 aromatic carbocycles. The molecule has 0 amide bonds. The van der Waals surface area contributed by atoms with E-state index in [0.29, 0.717) is 12.4 Å². The molecule has 122 valence electrons. The third-order valence-corrected chi connectivity index (χ3v) is 2.91. The molecule has 7 nitrogen and oxygen atoms in total. The second-order valence-electron chi connectivity index (χ2n) is 4.54. The van der Waals surface area contributed by atoms with Crippen molar-refractivity contribution in [3.63, 3.8) is 0 Å². The number of nitrogens with zero attached hydrogens (tertiary/aromatic N) is 1. The molecule has 0 atom stereocenters. The maximum Gasteiger partial charge on any atom is 0.374 e. The van der Waals surface area contributed by atoms with Crippen molar-refractivity contribution in [2.45, 2.75) is 13.5 Å². The summed E-state index contributed by atoms with van der Waals surface area (Å²) in [6.45, 7) is 2.25. The van der Waals surface area contributed by atoms with E-state index in [-0.39, 0.29) is 18.3 Å². The van der Waals surface area contributed by atoms with Crippen LogP contribution in [0.2, 0.25) is 0 Å². The fraction of sp³-hybridized carbons (Fsp3) is 0.250. The Hall–Kier alpha value is -2.96. The number of rotatable bonds is 6. The lowest BCUT2D eigenvalue weighted by Gasteiger charge is -2.06. The molecule has 0 bridgehead atoms. The summed E-state index contributed by atoms with van der Waals surface area (Å²) in [5, 5.41) is 2.95. The number of benzene rings is 1. The molecule has 1 heterocycles. The van der Waals surface area contributed by atoms with Crippen LogP contribution in [0.3, 0.4) is 0 Å². The number of furan rings is 1. The summed E-state index contributed by atoms with van der Waals surface area (Å²) in [6.07, 6.45) is 0. The van der Waals surface area contributed by atoms with Crippen molar-refractivity contribution >= 4 is 17.6 Å². The first kappa shape index (κ1) is 16.4. The minimum Gasteiger partial charge on any atom is -0.497 e. The van der Waals surface area contributed by atoms with Crippen molar-refractivity contribution in [3.05, 3.63) is 47.9 Å². The number of methoxy groups -OCH3 is 1. The van der Waals surface area contributed by atoms with Gasteiger partial charge in [-0.3, -0.25) is 0 Å². The van der Waals surface area contributed by atoms with Gasteiger partial charge in [0.1, 0.15) is 18.1 Å². The predicted molar refractivity (Wildman–Crippen MR) is 86.6 cm³/mol. The Morgan fingerprint density at radius 1 is 1.26 bits per heavy atom. The van der Waals surface area contributed by atoms with Crippen LogP contribution >= 0.6 is 0 Å². The molecule has 0 radical (unpaired) electrons. The Morgan fingerprint density at radius 3 is 2.65 bits per heavy atom. The van der Waals surface area contributed by atoms with E-state index < -0.39 is 5.97 Å². The first-order valence-electron chi connectivity index (χ1n) is 7.09. The monoisotopic (exact) mass is 317 g/mol. The fourth-order valence-electron chi connectivity index (χ4n) is 1.80. The molecular weight excluding hydrogens is 298 g/mol. The van der Waals surface area contributed by atoms with Gasteiger partial charge in [0, 0.05) is 5.69 Å².